The molecular weight excluding hydrogens is 258 g/mol. The molecule has 2 N–H and O–H groups in total. The molecule has 0 unspecified atom stereocenters. The van der Waals surface area contributed by atoms with Gasteiger partial charge in [-0.3, -0.25) is 0 Å². The van der Waals surface area contributed by atoms with Crippen LogP contribution in [0, 0.1) is 5.92 Å². The van der Waals surface area contributed by atoms with E-state index in [1.54, 1.807) is 0 Å². The van der Waals surface area contributed by atoms with Crippen LogP contribution in [0.1, 0.15) is 65.6 Å². The lowest BCUT2D eigenvalue weighted by Crippen LogP contribution is -2.30. The molecule has 1 rings (SSSR count). The van der Waals surface area contributed by atoms with E-state index in [4.69, 9.17) is 10.7 Å². The van der Waals surface area contributed by atoms with Gasteiger partial charge in [-0.25, -0.2) is 4.98 Å². The van der Waals surface area contributed by atoms with Gasteiger partial charge in [0.25, 0.3) is 0 Å². The number of nitrogens with zero attached hydrogens (tertiary/aromatic N) is 2. The zero-order valence-electron chi connectivity index (χ0n) is 14.7. The molecule has 0 saturated heterocycles. The van der Waals surface area contributed by atoms with Crippen molar-refractivity contribution >= 4 is 5.82 Å². The summed E-state index contributed by atoms with van der Waals surface area (Å²) in [5, 5.41) is 0. The monoisotopic (exact) mass is 291 g/mol. The number of hydrogen-bond acceptors (Lipinski definition) is 3. The summed E-state index contributed by atoms with van der Waals surface area (Å²) in [5.41, 5.74) is 8.23. The van der Waals surface area contributed by atoms with Gasteiger partial charge in [0.2, 0.25) is 0 Å². The van der Waals surface area contributed by atoms with Crippen molar-refractivity contribution in [1.82, 2.24) is 4.98 Å². The highest BCUT2D eigenvalue weighted by molar-refractivity contribution is 5.44. The van der Waals surface area contributed by atoms with Crippen LogP contribution in [0.2, 0.25) is 0 Å². The summed E-state index contributed by atoms with van der Waals surface area (Å²) in [6, 6.07) is 4.30. The maximum Gasteiger partial charge on any atom is 0.129 e. The Balaban J connectivity index is 3.13. The first-order valence-corrected chi connectivity index (χ1v) is 8.32. The van der Waals surface area contributed by atoms with E-state index in [1.165, 1.54) is 18.4 Å². The maximum absolute atomic E-state index is 5.88. The van der Waals surface area contributed by atoms with Gasteiger partial charge in [0.05, 0.1) is 0 Å². The van der Waals surface area contributed by atoms with Crippen molar-refractivity contribution in [1.29, 1.82) is 0 Å². The summed E-state index contributed by atoms with van der Waals surface area (Å²) < 4.78 is 0. The van der Waals surface area contributed by atoms with E-state index in [-0.39, 0.29) is 5.41 Å². The molecule has 0 fully saturated rings. The Bertz CT molecular complexity index is 431. The number of nitrogens with two attached hydrogens (primary N) is 1. The molecule has 0 amide bonds. The van der Waals surface area contributed by atoms with Crippen LogP contribution in [-0.2, 0) is 12.0 Å². The summed E-state index contributed by atoms with van der Waals surface area (Å²) in [6.45, 7) is 16.0. The Morgan fingerprint density at radius 2 is 1.76 bits per heavy atom. The molecule has 0 bridgehead atoms. The molecule has 0 spiro atoms. The van der Waals surface area contributed by atoms with E-state index in [1.807, 2.05) is 0 Å². The maximum atomic E-state index is 5.88. The molecular formula is C18H33N3. The Morgan fingerprint density at radius 3 is 2.19 bits per heavy atom. The smallest absolute Gasteiger partial charge is 0.129 e. The Hall–Kier alpha value is -1.09. The molecule has 0 atom stereocenters. The van der Waals surface area contributed by atoms with Gasteiger partial charge < -0.3 is 10.6 Å². The number of hydrogen-bond donors (Lipinski definition) is 1. The molecule has 1 aromatic rings. The average Bonchev–Trinajstić information content (AvgIpc) is 2.47. The van der Waals surface area contributed by atoms with Gasteiger partial charge in [-0.1, -0.05) is 47.5 Å². The van der Waals surface area contributed by atoms with Crippen molar-refractivity contribution in [2.45, 2.75) is 66.3 Å². The number of aromatic nitrogens is 1. The summed E-state index contributed by atoms with van der Waals surface area (Å²) in [6.07, 6.45) is 2.44. The number of pyridine rings is 1. The van der Waals surface area contributed by atoms with Crippen LogP contribution in [0.25, 0.3) is 0 Å². The van der Waals surface area contributed by atoms with Crippen LogP contribution < -0.4 is 10.6 Å². The Labute approximate surface area is 130 Å². The normalized spacial score (nSPS) is 12.0. The van der Waals surface area contributed by atoms with Crippen LogP contribution in [0.3, 0.4) is 0 Å². The highest BCUT2D eigenvalue weighted by Gasteiger charge is 2.19. The van der Waals surface area contributed by atoms with Gasteiger partial charge in [-0.2, -0.15) is 0 Å². The van der Waals surface area contributed by atoms with Crippen molar-refractivity contribution in [3.63, 3.8) is 0 Å². The minimum absolute atomic E-state index is 0.0499. The fraction of sp³-hybridized carbons (Fsp3) is 0.722. The summed E-state index contributed by atoms with van der Waals surface area (Å²) in [5.74, 6) is 1.81. The second kappa shape index (κ2) is 7.79. The third-order valence-electron chi connectivity index (χ3n) is 4.21. The van der Waals surface area contributed by atoms with E-state index in [2.05, 4.69) is 58.6 Å². The van der Waals surface area contributed by atoms with Gasteiger partial charge in [0.1, 0.15) is 5.82 Å². The largest absolute Gasteiger partial charge is 0.357 e. The Kier molecular flexibility index (Phi) is 6.66. The predicted molar refractivity (Wildman–Crippen MR) is 92.8 cm³/mol. The average molecular weight is 291 g/mol. The zero-order chi connectivity index (χ0) is 16.0. The van der Waals surface area contributed by atoms with E-state index in [9.17, 15) is 0 Å². The van der Waals surface area contributed by atoms with Crippen molar-refractivity contribution in [3.8, 4) is 0 Å². The van der Waals surface area contributed by atoms with Crippen LogP contribution in [0.5, 0.6) is 0 Å². The Morgan fingerprint density at radius 1 is 1.14 bits per heavy atom. The molecule has 120 valence electrons. The van der Waals surface area contributed by atoms with Crippen molar-refractivity contribution < 1.29 is 0 Å². The van der Waals surface area contributed by atoms with E-state index < -0.39 is 0 Å². The van der Waals surface area contributed by atoms with Crippen LogP contribution in [0.15, 0.2) is 12.1 Å². The molecule has 0 aromatic carbocycles. The second-order valence-corrected chi connectivity index (χ2v) is 6.89. The molecule has 0 aliphatic rings. The van der Waals surface area contributed by atoms with Crippen molar-refractivity contribution in [3.05, 3.63) is 23.4 Å². The summed E-state index contributed by atoms with van der Waals surface area (Å²) >= 11 is 0. The highest BCUT2D eigenvalue weighted by atomic mass is 15.2. The first-order chi connectivity index (χ1) is 9.85. The number of anilines is 1. The lowest BCUT2D eigenvalue weighted by Gasteiger charge is -2.29. The zero-order valence-corrected chi connectivity index (χ0v) is 14.7. The third kappa shape index (κ3) is 4.99. The van der Waals surface area contributed by atoms with Gasteiger partial charge in [-0.15, -0.1) is 0 Å². The van der Waals surface area contributed by atoms with E-state index >= 15 is 0 Å². The van der Waals surface area contributed by atoms with Gasteiger partial charge >= 0.3 is 0 Å². The molecule has 3 heteroatoms. The van der Waals surface area contributed by atoms with Crippen LogP contribution in [0.4, 0.5) is 5.82 Å². The lowest BCUT2D eigenvalue weighted by molar-refractivity contribution is 0.483. The topological polar surface area (TPSA) is 42.1 Å². The SMILES string of the molecule is CCC(CC)CN(CC)c1cc(CN)cc(C(C)(C)C)n1. The lowest BCUT2D eigenvalue weighted by atomic mass is 9.90. The minimum atomic E-state index is 0.0499. The fourth-order valence-corrected chi connectivity index (χ4v) is 2.48. The highest BCUT2D eigenvalue weighted by Crippen LogP contribution is 2.25. The quantitative estimate of drug-likeness (QED) is 0.822. The minimum Gasteiger partial charge on any atom is -0.357 e. The summed E-state index contributed by atoms with van der Waals surface area (Å²) in [4.78, 5) is 7.31. The van der Waals surface area contributed by atoms with Gasteiger partial charge in [0, 0.05) is 30.7 Å². The molecule has 0 aliphatic carbocycles. The van der Waals surface area contributed by atoms with Crippen LogP contribution in [-0.4, -0.2) is 18.1 Å². The van der Waals surface area contributed by atoms with Crippen LogP contribution >= 0.6 is 0 Å². The van der Waals surface area contributed by atoms with Crippen molar-refractivity contribution in [2.24, 2.45) is 11.7 Å². The van der Waals surface area contributed by atoms with Gasteiger partial charge in [-0.05, 0) is 30.5 Å². The third-order valence-corrected chi connectivity index (χ3v) is 4.21. The van der Waals surface area contributed by atoms with Crippen molar-refractivity contribution in [2.75, 3.05) is 18.0 Å². The molecule has 3 nitrogen and oxygen atoms in total. The summed E-state index contributed by atoms with van der Waals surface area (Å²) in [7, 11) is 0. The number of rotatable bonds is 7. The molecule has 21 heavy (non-hydrogen) atoms. The molecule has 0 radical (unpaired) electrons. The second-order valence-electron chi connectivity index (χ2n) is 6.89. The first-order valence-electron chi connectivity index (χ1n) is 8.32. The standard InChI is InChI=1S/C18H33N3/c1-7-14(8-2)13-21(9-3)17-11-15(12-19)10-16(20-17)18(4,5)6/h10-11,14H,7-9,12-13,19H2,1-6H3. The van der Waals surface area contributed by atoms with Gasteiger partial charge in [0.15, 0.2) is 0 Å². The molecule has 0 saturated carbocycles. The molecule has 1 aromatic heterocycles. The molecule has 1 heterocycles. The first kappa shape index (κ1) is 18.0. The van der Waals surface area contributed by atoms with E-state index in [0.29, 0.717) is 6.54 Å². The molecule has 0 aliphatic heterocycles. The predicted octanol–water partition coefficient (Wildman–Crippen LogP) is 4.10. The van der Waals surface area contributed by atoms with E-state index in [0.717, 1.165) is 30.5 Å². The fourth-order valence-electron chi connectivity index (χ4n) is 2.48.